The van der Waals surface area contributed by atoms with Gasteiger partial charge < -0.3 is 19.4 Å². The van der Waals surface area contributed by atoms with Gasteiger partial charge in [-0.3, -0.25) is 9.59 Å². The molecule has 0 bridgehead atoms. The van der Waals surface area contributed by atoms with Gasteiger partial charge in [0.2, 0.25) is 0 Å². The molecule has 2 aliphatic heterocycles. The highest BCUT2D eigenvalue weighted by Gasteiger charge is 2.27. The number of carbonyl (C=O) groups is 2. The Kier molecular flexibility index (Phi) is 7.04. The zero-order valence-electron chi connectivity index (χ0n) is 19.5. The van der Waals surface area contributed by atoms with E-state index in [1.807, 2.05) is 70.5 Å². The molecule has 0 saturated carbocycles. The number of benzene rings is 3. The lowest BCUT2D eigenvalue weighted by Gasteiger charge is -2.36. The molecule has 180 valence electrons. The molecule has 0 aliphatic carbocycles. The minimum Gasteiger partial charge on any atom is -0.483 e. The number of anilines is 1. The van der Waals surface area contributed by atoms with Crippen LogP contribution in [0.25, 0.3) is 0 Å². The Bertz CT molecular complexity index is 1190. The van der Waals surface area contributed by atoms with Crippen molar-refractivity contribution in [3.63, 3.8) is 0 Å². The second-order valence-electron chi connectivity index (χ2n) is 8.88. The third-order valence-corrected chi connectivity index (χ3v) is 7.20. The molecular formula is C28H28BrN3O3. The van der Waals surface area contributed by atoms with Crippen molar-refractivity contribution in [3.8, 4) is 5.75 Å². The van der Waals surface area contributed by atoms with Crippen LogP contribution in [0.5, 0.6) is 5.75 Å². The summed E-state index contributed by atoms with van der Waals surface area (Å²) in [6, 6.07) is 23.8. The molecule has 0 unspecified atom stereocenters. The Hall–Kier alpha value is -3.32. The Morgan fingerprint density at radius 3 is 2.34 bits per heavy atom. The summed E-state index contributed by atoms with van der Waals surface area (Å²) < 4.78 is 6.98. The number of nitrogens with zero attached hydrogens (tertiary/aromatic N) is 3. The van der Waals surface area contributed by atoms with Gasteiger partial charge in [0, 0.05) is 60.6 Å². The quantitative estimate of drug-likeness (QED) is 0.472. The zero-order chi connectivity index (χ0) is 24.2. The van der Waals surface area contributed by atoms with Crippen molar-refractivity contribution < 1.29 is 14.3 Å². The standard InChI is InChI=1S/C28H28BrN3O3/c29-22-11-9-21(10-12-22)19-32-14-13-24-25(28(32)34)7-4-8-26(24)35-20-27(33)31-17-15-30(16-18-31)23-5-2-1-3-6-23/h1-12H,13-20H2. The summed E-state index contributed by atoms with van der Waals surface area (Å²) in [5, 5.41) is 0. The summed E-state index contributed by atoms with van der Waals surface area (Å²) >= 11 is 3.45. The van der Waals surface area contributed by atoms with E-state index >= 15 is 0 Å². The number of ether oxygens (including phenoxy) is 1. The zero-order valence-corrected chi connectivity index (χ0v) is 21.1. The fourth-order valence-corrected chi connectivity index (χ4v) is 4.99. The molecule has 1 fully saturated rings. The van der Waals surface area contributed by atoms with Crippen LogP contribution >= 0.6 is 15.9 Å². The number of para-hydroxylation sites is 1. The second-order valence-corrected chi connectivity index (χ2v) is 9.79. The van der Waals surface area contributed by atoms with Crippen LogP contribution < -0.4 is 9.64 Å². The van der Waals surface area contributed by atoms with Crippen LogP contribution in [0.1, 0.15) is 21.5 Å². The van der Waals surface area contributed by atoms with Gasteiger partial charge in [0.15, 0.2) is 6.61 Å². The van der Waals surface area contributed by atoms with E-state index in [0.717, 1.165) is 28.7 Å². The Morgan fingerprint density at radius 2 is 1.60 bits per heavy atom. The molecule has 0 spiro atoms. The first-order valence-corrected chi connectivity index (χ1v) is 12.7. The van der Waals surface area contributed by atoms with E-state index in [9.17, 15) is 9.59 Å². The average molecular weight is 534 g/mol. The van der Waals surface area contributed by atoms with E-state index in [2.05, 4.69) is 33.0 Å². The first-order chi connectivity index (χ1) is 17.1. The maximum absolute atomic E-state index is 13.2. The van der Waals surface area contributed by atoms with Gasteiger partial charge in [0.1, 0.15) is 5.75 Å². The van der Waals surface area contributed by atoms with Gasteiger partial charge in [-0.25, -0.2) is 0 Å². The Balaban J connectivity index is 1.18. The molecule has 3 aromatic carbocycles. The highest BCUT2D eigenvalue weighted by molar-refractivity contribution is 9.10. The maximum atomic E-state index is 13.2. The molecule has 1 saturated heterocycles. The van der Waals surface area contributed by atoms with E-state index in [1.165, 1.54) is 5.69 Å². The number of carbonyl (C=O) groups excluding carboxylic acids is 2. The van der Waals surface area contributed by atoms with Gasteiger partial charge >= 0.3 is 0 Å². The Labute approximate surface area is 214 Å². The fraction of sp³-hybridized carbons (Fsp3) is 0.286. The second kappa shape index (κ2) is 10.5. The summed E-state index contributed by atoms with van der Waals surface area (Å²) in [5.41, 5.74) is 3.84. The lowest BCUT2D eigenvalue weighted by molar-refractivity contribution is -0.133. The predicted octanol–water partition coefficient (Wildman–Crippen LogP) is 4.38. The molecule has 3 aromatic rings. The van der Waals surface area contributed by atoms with E-state index in [-0.39, 0.29) is 18.4 Å². The van der Waals surface area contributed by atoms with Gasteiger partial charge in [-0.2, -0.15) is 0 Å². The molecule has 5 rings (SSSR count). The van der Waals surface area contributed by atoms with Gasteiger partial charge in [0.05, 0.1) is 0 Å². The molecular weight excluding hydrogens is 506 g/mol. The number of rotatable bonds is 6. The molecule has 0 aromatic heterocycles. The molecule has 7 heteroatoms. The SMILES string of the molecule is O=C(COc1cccc2c1CCN(Cc1ccc(Br)cc1)C2=O)N1CCN(c2ccccc2)CC1. The molecule has 0 radical (unpaired) electrons. The van der Waals surface area contributed by atoms with Crippen molar-refractivity contribution in [2.75, 3.05) is 44.2 Å². The number of hydrogen-bond acceptors (Lipinski definition) is 4. The van der Waals surface area contributed by atoms with Crippen molar-refractivity contribution in [1.29, 1.82) is 0 Å². The first-order valence-electron chi connectivity index (χ1n) is 11.9. The lowest BCUT2D eigenvalue weighted by Crippen LogP contribution is -2.50. The molecule has 6 nitrogen and oxygen atoms in total. The van der Waals surface area contributed by atoms with E-state index in [0.29, 0.717) is 43.9 Å². The van der Waals surface area contributed by atoms with Crippen LogP contribution in [0.3, 0.4) is 0 Å². The van der Waals surface area contributed by atoms with Crippen LogP contribution in [0, 0.1) is 0 Å². The lowest BCUT2D eigenvalue weighted by atomic mass is 9.97. The number of hydrogen-bond donors (Lipinski definition) is 0. The molecule has 2 aliphatic rings. The first kappa shape index (κ1) is 23.4. The highest BCUT2D eigenvalue weighted by atomic mass is 79.9. The number of amides is 2. The summed E-state index contributed by atoms with van der Waals surface area (Å²) in [6.45, 7) is 4.14. The Morgan fingerprint density at radius 1 is 0.857 bits per heavy atom. The monoisotopic (exact) mass is 533 g/mol. The minimum absolute atomic E-state index is 0.00276. The average Bonchev–Trinajstić information content (AvgIpc) is 2.91. The number of fused-ring (bicyclic) bond motifs is 1. The minimum atomic E-state index is -0.0192. The van der Waals surface area contributed by atoms with Crippen LogP contribution in [0.15, 0.2) is 77.3 Å². The topological polar surface area (TPSA) is 53.1 Å². The molecule has 0 atom stereocenters. The van der Waals surface area contributed by atoms with E-state index < -0.39 is 0 Å². The van der Waals surface area contributed by atoms with E-state index in [4.69, 9.17) is 4.74 Å². The third kappa shape index (κ3) is 5.35. The summed E-state index contributed by atoms with van der Waals surface area (Å²) in [4.78, 5) is 32.0. The van der Waals surface area contributed by atoms with Gasteiger partial charge in [-0.05, 0) is 48.4 Å². The van der Waals surface area contributed by atoms with E-state index in [1.54, 1.807) is 0 Å². The summed E-state index contributed by atoms with van der Waals surface area (Å²) in [5.74, 6) is 0.618. The highest BCUT2D eigenvalue weighted by Crippen LogP contribution is 2.29. The number of piperazine rings is 1. The number of halogens is 1. The van der Waals surface area contributed by atoms with Crippen LogP contribution in [0.4, 0.5) is 5.69 Å². The third-order valence-electron chi connectivity index (χ3n) is 6.67. The van der Waals surface area contributed by atoms with Crippen molar-refractivity contribution in [1.82, 2.24) is 9.80 Å². The largest absolute Gasteiger partial charge is 0.483 e. The fourth-order valence-electron chi connectivity index (χ4n) is 4.72. The predicted molar refractivity (Wildman–Crippen MR) is 140 cm³/mol. The molecule has 35 heavy (non-hydrogen) atoms. The maximum Gasteiger partial charge on any atom is 0.260 e. The molecule has 2 amide bonds. The van der Waals surface area contributed by atoms with Crippen molar-refractivity contribution in [2.24, 2.45) is 0 Å². The summed E-state index contributed by atoms with van der Waals surface area (Å²) in [6.07, 6.45) is 0.706. The van der Waals surface area contributed by atoms with Gasteiger partial charge in [0.25, 0.3) is 11.8 Å². The van der Waals surface area contributed by atoms with Gasteiger partial charge in [-0.15, -0.1) is 0 Å². The van der Waals surface area contributed by atoms with Crippen molar-refractivity contribution >= 4 is 33.4 Å². The molecule has 2 heterocycles. The van der Waals surface area contributed by atoms with Gasteiger partial charge in [-0.1, -0.05) is 52.3 Å². The smallest absolute Gasteiger partial charge is 0.260 e. The molecule has 0 N–H and O–H groups in total. The van der Waals surface area contributed by atoms with Crippen molar-refractivity contribution in [3.05, 3.63) is 94.0 Å². The normalized spacial score (nSPS) is 15.7. The summed E-state index contributed by atoms with van der Waals surface area (Å²) in [7, 11) is 0. The van der Waals surface area contributed by atoms with Crippen LogP contribution in [-0.2, 0) is 17.8 Å². The van der Waals surface area contributed by atoms with Crippen LogP contribution in [0.2, 0.25) is 0 Å². The van der Waals surface area contributed by atoms with Crippen molar-refractivity contribution in [2.45, 2.75) is 13.0 Å². The van der Waals surface area contributed by atoms with Crippen LogP contribution in [-0.4, -0.2) is 60.9 Å².